The van der Waals surface area contributed by atoms with Gasteiger partial charge in [0.15, 0.2) is 0 Å². The van der Waals surface area contributed by atoms with Crippen molar-refractivity contribution in [3.05, 3.63) is 18.1 Å². The standard InChI is InChI=1S/C11H18N2O4/c1-15-5-6-16-3-2-4-17-11-8-12-7-10(9-14)13-11/h7-8,14H,2-6,9H2,1H3. The Labute approximate surface area is 101 Å². The molecule has 0 aliphatic heterocycles. The third-order valence-corrected chi connectivity index (χ3v) is 1.94. The molecule has 0 aliphatic rings. The zero-order valence-electron chi connectivity index (χ0n) is 9.96. The van der Waals surface area contributed by atoms with Crippen LogP contribution in [0.3, 0.4) is 0 Å². The highest BCUT2D eigenvalue weighted by Gasteiger charge is 1.98. The summed E-state index contributed by atoms with van der Waals surface area (Å²) in [4.78, 5) is 7.94. The van der Waals surface area contributed by atoms with Crippen molar-refractivity contribution in [1.82, 2.24) is 9.97 Å². The number of hydrogen-bond acceptors (Lipinski definition) is 6. The zero-order valence-corrected chi connectivity index (χ0v) is 9.96. The minimum absolute atomic E-state index is 0.135. The fraction of sp³-hybridized carbons (Fsp3) is 0.636. The SMILES string of the molecule is COCCOCCCOc1cncc(CO)n1. The summed E-state index contributed by atoms with van der Waals surface area (Å²) in [5, 5.41) is 8.86. The molecule has 1 N–H and O–H groups in total. The second-order valence-electron chi connectivity index (χ2n) is 3.31. The summed E-state index contributed by atoms with van der Waals surface area (Å²) < 4.78 is 15.5. The van der Waals surface area contributed by atoms with E-state index in [1.54, 1.807) is 7.11 Å². The van der Waals surface area contributed by atoms with Gasteiger partial charge in [0.05, 0.1) is 44.5 Å². The molecule has 0 spiro atoms. The molecule has 0 aliphatic carbocycles. The van der Waals surface area contributed by atoms with Gasteiger partial charge in [0, 0.05) is 20.1 Å². The number of aliphatic hydroxyl groups is 1. The maximum atomic E-state index is 8.86. The van der Waals surface area contributed by atoms with Crippen molar-refractivity contribution in [2.24, 2.45) is 0 Å². The van der Waals surface area contributed by atoms with Gasteiger partial charge in [0.1, 0.15) is 0 Å². The number of aliphatic hydroxyl groups excluding tert-OH is 1. The van der Waals surface area contributed by atoms with Crippen LogP contribution in [-0.4, -0.2) is 48.6 Å². The van der Waals surface area contributed by atoms with E-state index in [0.717, 1.165) is 6.42 Å². The van der Waals surface area contributed by atoms with Crippen LogP contribution in [-0.2, 0) is 16.1 Å². The average molecular weight is 242 g/mol. The molecule has 1 heterocycles. The van der Waals surface area contributed by atoms with Crippen molar-refractivity contribution in [1.29, 1.82) is 0 Å². The van der Waals surface area contributed by atoms with Crippen LogP contribution >= 0.6 is 0 Å². The Hall–Kier alpha value is -1.24. The van der Waals surface area contributed by atoms with Gasteiger partial charge in [0.2, 0.25) is 5.88 Å². The summed E-state index contributed by atoms with van der Waals surface area (Å²) in [6.07, 6.45) is 3.79. The van der Waals surface area contributed by atoms with Crippen LogP contribution in [0.25, 0.3) is 0 Å². The highest BCUT2D eigenvalue weighted by molar-refractivity contribution is 5.07. The van der Waals surface area contributed by atoms with E-state index in [2.05, 4.69) is 9.97 Å². The molecule has 0 bridgehead atoms. The van der Waals surface area contributed by atoms with Crippen molar-refractivity contribution < 1.29 is 19.3 Å². The maximum absolute atomic E-state index is 8.86. The average Bonchev–Trinajstić information content (AvgIpc) is 2.38. The summed E-state index contributed by atoms with van der Waals surface area (Å²) in [6, 6.07) is 0. The van der Waals surface area contributed by atoms with Crippen LogP contribution in [0.1, 0.15) is 12.1 Å². The molecule has 1 rings (SSSR count). The predicted octanol–water partition coefficient (Wildman–Crippen LogP) is 0.401. The molecule has 0 aromatic carbocycles. The minimum Gasteiger partial charge on any atom is -0.476 e. The third kappa shape index (κ3) is 6.15. The Bertz CT molecular complexity index is 309. The molecule has 17 heavy (non-hydrogen) atoms. The third-order valence-electron chi connectivity index (χ3n) is 1.94. The van der Waals surface area contributed by atoms with Gasteiger partial charge >= 0.3 is 0 Å². The Morgan fingerprint density at radius 3 is 2.82 bits per heavy atom. The first-order chi connectivity index (χ1) is 8.36. The molecule has 1 aromatic heterocycles. The number of ether oxygens (including phenoxy) is 3. The van der Waals surface area contributed by atoms with Gasteiger partial charge in [0.25, 0.3) is 0 Å². The van der Waals surface area contributed by atoms with E-state index in [9.17, 15) is 0 Å². The lowest BCUT2D eigenvalue weighted by molar-refractivity contribution is 0.0641. The van der Waals surface area contributed by atoms with Crippen molar-refractivity contribution in [3.8, 4) is 5.88 Å². The summed E-state index contributed by atoms with van der Waals surface area (Å²) in [5.74, 6) is 0.424. The molecular weight excluding hydrogens is 224 g/mol. The number of methoxy groups -OCH3 is 1. The van der Waals surface area contributed by atoms with Crippen LogP contribution in [0, 0.1) is 0 Å². The van der Waals surface area contributed by atoms with Crippen molar-refractivity contribution in [2.75, 3.05) is 33.5 Å². The Balaban J connectivity index is 2.09. The highest BCUT2D eigenvalue weighted by Crippen LogP contribution is 2.05. The molecule has 0 saturated heterocycles. The molecule has 0 fully saturated rings. The maximum Gasteiger partial charge on any atom is 0.232 e. The minimum atomic E-state index is -0.135. The molecule has 0 radical (unpaired) electrons. The van der Waals surface area contributed by atoms with E-state index in [0.29, 0.717) is 38.0 Å². The quantitative estimate of drug-likeness (QED) is 0.632. The highest BCUT2D eigenvalue weighted by atomic mass is 16.5. The van der Waals surface area contributed by atoms with Crippen LogP contribution < -0.4 is 4.74 Å². The normalized spacial score (nSPS) is 10.5. The number of rotatable bonds is 9. The van der Waals surface area contributed by atoms with E-state index in [1.165, 1.54) is 12.4 Å². The molecule has 0 unspecified atom stereocenters. The summed E-state index contributed by atoms with van der Waals surface area (Å²) in [5.41, 5.74) is 0.499. The first-order valence-corrected chi connectivity index (χ1v) is 5.48. The smallest absolute Gasteiger partial charge is 0.232 e. The van der Waals surface area contributed by atoms with Crippen molar-refractivity contribution in [2.45, 2.75) is 13.0 Å². The second-order valence-corrected chi connectivity index (χ2v) is 3.31. The number of aromatic nitrogens is 2. The summed E-state index contributed by atoms with van der Waals surface area (Å²) in [6.45, 7) is 2.19. The van der Waals surface area contributed by atoms with Gasteiger partial charge in [-0.3, -0.25) is 4.98 Å². The zero-order chi connectivity index (χ0) is 12.3. The van der Waals surface area contributed by atoms with Gasteiger partial charge in [-0.15, -0.1) is 0 Å². The topological polar surface area (TPSA) is 73.7 Å². The summed E-state index contributed by atoms with van der Waals surface area (Å²) in [7, 11) is 1.64. The van der Waals surface area contributed by atoms with Crippen LogP contribution in [0.2, 0.25) is 0 Å². The number of nitrogens with zero attached hydrogens (tertiary/aromatic N) is 2. The van der Waals surface area contributed by atoms with Gasteiger partial charge < -0.3 is 19.3 Å². The molecular formula is C11H18N2O4. The Kier molecular flexibility index (Phi) is 7.20. The molecule has 6 heteroatoms. The lowest BCUT2D eigenvalue weighted by Gasteiger charge is -2.06. The predicted molar refractivity (Wildman–Crippen MR) is 60.8 cm³/mol. The van der Waals surface area contributed by atoms with E-state index < -0.39 is 0 Å². The van der Waals surface area contributed by atoms with Gasteiger partial charge in [-0.1, -0.05) is 0 Å². The molecule has 1 aromatic rings. The lowest BCUT2D eigenvalue weighted by Crippen LogP contribution is -2.07. The fourth-order valence-corrected chi connectivity index (χ4v) is 1.11. The fourth-order valence-electron chi connectivity index (χ4n) is 1.11. The van der Waals surface area contributed by atoms with Gasteiger partial charge in [-0.2, -0.15) is 0 Å². The summed E-state index contributed by atoms with van der Waals surface area (Å²) >= 11 is 0. The van der Waals surface area contributed by atoms with E-state index in [4.69, 9.17) is 19.3 Å². The van der Waals surface area contributed by atoms with E-state index >= 15 is 0 Å². The lowest BCUT2D eigenvalue weighted by atomic mass is 10.5. The molecule has 6 nitrogen and oxygen atoms in total. The second kappa shape index (κ2) is 8.86. The Morgan fingerprint density at radius 1 is 1.18 bits per heavy atom. The molecule has 0 saturated carbocycles. The van der Waals surface area contributed by atoms with Crippen molar-refractivity contribution in [3.63, 3.8) is 0 Å². The Morgan fingerprint density at radius 2 is 2.06 bits per heavy atom. The largest absolute Gasteiger partial charge is 0.476 e. The number of hydrogen-bond donors (Lipinski definition) is 1. The first-order valence-electron chi connectivity index (χ1n) is 5.48. The van der Waals surface area contributed by atoms with Gasteiger partial charge in [-0.05, 0) is 0 Å². The van der Waals surface area contributed by atoms with Crippen LogP contribution in [0.15, 0.2) is 12.4 Å². The molecule has 0 atom stereocenters. The van der Waals surface area contributed by atoms with E-state index in [-0.39, 0.29) is 6.61 Å². The monoisotopic (exact) mass is 242 g/mol. The van der Waals surface area contributed by atoms with Crippen molar-refractivity contribution >= 4 is 0 Å². The van der Waals surface area contributed by atoms with E-state index in [1.807, 2.05) is 0 Å². The van der Waals surface area contributed by atoms with Crippen LogP contribution in [0.5, 0.6) is 5.88 Å². The molecule has 0 amide bonds. The molecule has 96 valence electrons. The van der Waals surface area contributed by atoms with Gasteiger partial charge in [-0.25, -0.2) is 4.98 Å². The first kappa shape index (κ1) is 13.8. The van der Waals surface area contributed by atoms with Crippen LogP contribution in [0.4, 0.5) is 0 Å².